The first kappa shape index (κ1) is 16.3. The molecule has 132 valence electrons. The SMILES string of the molecule is COc1ccc2[nH]c(=O)c(CN(C)Cc3ccc4nonc4c3)cc2c1. The summed E-state index contributed by atoms with van der Waals surface area (Å²) in [6.07, 6.45) is 0. The van der Waals surface area contributed by atoms with E-state index in [1.807, 2.05) is 49.5 Å². The molecule has 0 atom stereocenters. The maximum Gasteiger partial charge on any atom is 0.252 e. The number of nitrogens with zero attached hydrogens (tertiary/aromatic N) is 3. The fourth-order valence-electron chi connectivity index (χ4n) is 3.06. The van der Waals surface area contributed by atoms with Gasteiger partial charge in [0, 0.05) is 29.6 Å². The molecule has 1 N–H and O–H groups in total. The van der Waals surface area contributed by atoms with Crippen molar-refractivity contribution in [2.24, 2.45) is 0 Å². The van der Waals surface area contributed by atoms with Crippen molar-refractivity contribution in [3.63, 3.8) is 0 Å². The van der Waals surface area contributed by atoms with Crippen molar-refractivity contribution in [1.82, 2.24) is 20.2 Å². The van der Waals surface area contributed by atoms with Crippen LogP contribution in [0.4, 0.5) is 0 Å². The number of methoxy groups -OCH3 is 1. The number of hydrogen-bond acceptors (Lipinski definition) is 6. The van der Waals surface area contributed by atoms with Crippen LogP contribution in [0.15, 0.2) is 51.9 Å². The molecular weight excluding hydrogens is 332 g/mol. The zero-order valence-corrected chi connectivity index (χ0v) is 14.5. The topological polar surface area (TPSA) is 84.3 Å². The smallest absolute Gasteiger partial charge is 0.252 e. The van der Waals surface area contributed by atoms with Crippen LogP contribution in [0.25, 0.3) is 21.9 Å². The molecule has 7 nitrogen and oxygen atoms in total. The lowest BCUT2D eigenvalue weighted by atomic mass is 10.1. The van der Waals surface area contributed by atoms with Crippen LogP contribution in [-0.4, -0.2) is 34.4 Å². The van der Waals surface area contributed by atoms with Crippen molar-refractivity contribution >= 4 is 21.9 Å². The minimum atomic E-state index is -0.0781. The van der Waals surface area contributed by atoms with E-state index in [1.54, 1.807) is 7.11 Å². The lowest BCUT2D eigenvalue weighted by Gasteiger charge is -2.16. The number of rotatable bonds is 5. The van der Waals surface area contributed by atoms with Crippen molar-refractivity contribution in [2.45, 2.75) is 13.1 Å². The Balaban J connectivity index is 1.56. The van der Waals surface area contributed by atoms with Crippen LogP contribution in [0.1, 0.15) is 11.1 Å². The predicted molar refractivity (Wildman–Crippen MR) is 98.1 cm³/mol. The standard InChI is InChI=1S/C19H18N4O3/c1-23(10-12-3-5-17-18(7-12)22-26-21-17)11-14-8-13-9-15(25-2)4-6-16(13)20-19(14)24/h3-9H,10-11H2,1-2H3,(H,20,24). The van der Waals surface area contributed by atoms with Crippen LogP contribution in [-0.2, 0) is 13.1 Å². The van der Waals surface area contributed by atoms with Gasteiger partial charge in [0.15, 0.2) is 0 Å². The first-order valence-electron chi connectivity index (χ1n) is 8.22. The molecule has 0 saturated heterocycles. The summed E-state index contributed by atoms with van der Waals surface area (Å²) in [6, 6.07) is 13.3. The summed E-state index contributed by atoms with van der Waals surface area (Å²) in [7, 11) is 3.60. The van der Waals surface area contributed by atoms with Gasteiger partial charge in [-0.2, -0.15) is 0 Å². The van der Waals surface area contributed by atoms with Crippen LogP contribution in [0, 0.1) is 0 Å². The van der Waals surface area contributed by atoms with Gasteiger partial charge in [0.25, 0.3) is 5.56 Å². The largest absolute Gasteiger partial charge is 0.497 e. The highest BCUT2D eigenvalue weighted by molar-refractivity contribution is 5.80. The van der Waals surface area contributed by atoms with Gasteiger partial charge in [-0.15, -0.1) is 0 Å². The second kappa shape index (κ2) is 6.61. The number of ether oxygens (including phenoxy) is 1. The van der Waals surface area contributed by atoms with E-state index < -0.39 is 0 Å². The fourth-order valence-corrected chi connectivity index (χ4v) is 3.06. The maximum absolute atomic E-state index is 12.4. The first-order valence-corrected chi connectivity index (χ1v) is 8.22. The summed E-state index contributed by atoms with van der Waals surface area (Å²) in [5.41, 5.74) is 3.96. The van der Waals surface area contributed by atoms with E-state index >= 15 is 0 Å². The molecule has 0 aliphatic carbocycles. The second-order valence-electron chi connectivity index (χ2n) is 6.34. The van der Waals surface area contributed by atoms with Gasteiger partial charge >= 0.3 is 0 Å². The maximum atomic E-state index is 12.4. The monoisotopic (exact) mass is 350 g/mol. The molecule has 7 heteroatoms. The zero-order chi connectivity index (χ0) is 18.1. The number of fused-ring (bicyclic) bond motifs is 2. The van der Waals surface area contributed by atoms with E-state index in [-0.39, 0.29) is 5.56 Å². The third kappa shape index (κ3) is 3.16. The Morgan fingerprint density at radius 2 is 1.92 bits per heavy atom. The Morgan fingerprint density at radius 1 is 1.08 bits per heavy atom. The Morgan fingerprint density at radius 3 is 2.77 bits per heavy atom. The lowest BCUT2D eigenvalue weighted by molar-refractivity contribution is 0.315. The predicted octanol–water partition coefficient (Wildman–Crippen LogP) is 2.70. The van der Waals surface area contributed by atoms with Gasteiger partial charge in [-0.25, -0.2) is 4.63 Å². The van der Waals surface area contributed by atoms with Crippen molar-refractivity contribution in [3.05, 3.63) is 63.9 Å². The van der Waals surface area contributed by atoms with Crippen LogP contribution in [0.2, 0.25) is 0 Å². The van der Waals surface area contributed by atoms with Crippen molar-refractivity contribution in [3.8, 4) is 5.75 Å². The highest BCUT2D eigenvalue weighted by atomic mass is 16.6. The lowest BCUT2D eigenvalue weighted by Crippen LogP contribution is -2.23. The number of hydrogen-bond donors (Lipinski definition) is 1. The Hall–Kier alpha value is -3.19. The molecule has 0 aliphatic heterocycles. The van der Waals surface area contributed by atoms with E-state index in [1.165, 1.54) is 0 Å². The van der Waals surface area contributed by atoms with Gasteiger partial charge in [0.05, 0.1) is 7.11 Å². The molecular formula is C19H18N4O3. The third-order valence-corrected chi connectivity index (χ3v) is 4.34. The molecule has 2 aromatic carbocycles. The summed E-state index contributed by atoms with van der Waals surface area (Å²) in [6.45, 7) is 1.20. The van der Waals surface area contributed by atoms with E-state index in [9.17, 15) is 4.79 Å². The Bertz CT molecular complexity index is 1130. The number of aromatic amines is 1. The van der Waals surface area contributed by atoms with Crippen molar-refractivity contribution in [2.75, 3.05) is 14.2 Å². The van der Waals surface area contributed by atoms with Crippen LogP contribution >= 0.6 is 0 Å². The normalized spacial score (nSPS) is 11.5. The van der Waals surface area contributed by atoms with E-state index in [2.05, 4.69) is 20.2 Å². The molecule has 0 unspecified atom stereocenters. The highest BCUT2D eigenvalue weighted by Crippen LogP contribution is 2.19. The second-order valence-corrected chi connectivity index (χ2v) is 6.34. The molecule has 0 fully saturated rings. The van der Waals surface area contributed by atoms with Crippen molar-refractivity contribution < 1.29 is 9.37 Å². The first-order chi connectivity index (χ1) is 12.6. The number of aromatic nitrogens is 3. The van der Waals surface area contributed by atoms with Gasteiger partial charge in [-0.05, 0) is 59.3 Å². The highest BCUT2D eigenvalue weighted by Gasteiger charge is 2.09. The quantitative estimate of drug-likeness (QED) is 0.596. The fraction of sp³-hybridized carbons (Fsp3) is 0.211. The Labute approximate surface area is 149 Å². The van der Waals surface area contributed by atoms with E-state index in [4.69, 9.17) is 9.37 Å². The number of H-pyrrole nitrogens is 1. The number of pyridine rings is 1. The minimum absolute atomic E-state index is 0.0781. The summed E-state index contributed by atoms with van der Waals surface area (Å²) in [5, 5.41) is 8.62. The molecule has 0 saturated carbocycles. The third-order valence-electron chi connectivity index (χ3n) is 4.34. The van der Waals surface area contributed by atoms with Gasteiger partial charge in [0.2, 0.25) is 0 Å². The molecule has 2 heterocycles. The summed E-state index contributed by atoms with van der Waals surface area (Å²) < 4.78 is 9.99. The molecule has 0 aliphatic rings. The zero-order valence-electron chi connectivity index (χ0n) is 14.5. The number of nitrogens with one attached hydrogen (secondary N) is 1. The Kier molecular flexibility index (Phi) is 4.14. The van der Waals surface area contributed by atoms with Gasteiger partial charge in [-0.3, -0.25) is 9.69 Å². The average Bonchev–Trinajstić information content (AvgIpc) is 3.09. The molecule has 26 heavy (non-hydrogen) atoms. The van der Waals surface area contributed by atoms with Crippen molar-refractivity contribution in [1.29, 1.82) is 0 Å². The van der Waals surface area contributed by atoms with Crippen LogP contribution < -0.4 is 10.3 Å². The molecule has 4 aromatic rings. The van der Waals surface area contributed by atoms with E-state index in [0.717, 1.165) is 33.2 Å². The minimum Gasteiger partial charge on any atom is -0.497 e. The average molecular weight is 350 g/mol. The van der Waals surface area contributed by atoms with Crippen LogP contribution in [0.3, 0.4) is 0 Å². The molecule has 0 radical (unpaired) electrons. The van der Waals surface area contributed by atoms with Gasteiger partial charge in [0.1, 0.15) is 16.8 Å². The molecule has 0 bridgehead atoms. The summed E-state index contributed by atoms with van der Waals surface area (Å²) >= 11 is 0. The van der Waals surface area contributed by atoms with Gasteiger partial charge < -0.3 is 9.72 Å². The van der Waals surface area contributed by atoms with E-state index in [0.29, 0.717) is 18.7 Å². The summed E-state index contributed by atoms with van der Waals surface area (Å²) in [4.78, 5) is 17.4. The summed E-state index contributed by atoms with van der Waals surface area (Å²) in [5.74, 6) is 0.762. The van der Waals surface area contributed by atoms with Gasteiger partial charge in [-0.1, -0.05) is 6.07 Å². The molecule has 0 amide bonds. The molecule has 2 aromatic heterocycles. The molecule has 0 spiro atoms. The number of benzene rings is 2. The molecule has 4 rings (SSSR count). The van der Waals surface area contributed by atoms with Crippen LogP contribution in [0.5, 0.6) is 5.75 Å².